The van der Waals surface area contributed by atoms with Crippen LogP contribution in [-0.2, 0) is 0 Å². The fourth-order valence-corrected chi connectivity index (χ4v) is 8.37. The summed E-state index contributed by atoms with van der Waals surface area (Å²) in [6, 6.07) is 62.4. The number of hydrogen-bond acceptors (Lipinski definition) is 6. The molecule has 0 fully saturated rings. The largest absolute Gasteiger partial charge is 0.456 e. The highest BCUT2D eigenvalue weighted by Gasteiger charge is 2.22. The predicted molar refractivity (Wildman–Crippen MR) is 234 cm³/mol. The van der Waals surface area contributed by atoms with Gasteiger partial charge in [0.15, 0.2) is 23.1 Å². The maximum Gasteiger partial charge on any atom is 0.227 e. The van der Waals surface area contributed by atoms with E-state index in [1.54, 1.807) is 0 Å². The van der Waals surface area contributed by atoms with Gasteiger partial charge >= 0.3 is 0 Å². The highest BCUT2D eigenvalue weighted by molar-refractivity contribution is 6.27. The lowest BCUT2D eigenvalue weighted by molar-refractivity contribution is 0.619. The van der Waals surface area contributed by atoms with Gasteiger partial charge in [0.05, 0.1) is 5.39 Å². The van der Waals surface area contributed by atoms with E-state index in [4.69, 9.17) is 28.8 Å². The topological polar surface area (TPSA) is 77.8 Å². The highest BCUT2D eigenvalue weighted by atomic mass is 16.4. The van der Waals surface area contributed by atoms with Crippen LogP contribution in [0, 0.1) is 0 Å². The number of oxazole rings is 1. The normalized spacial score (nSPS) is 11.8. The minimum absolute atomic E-state index is 0.556. The summed E-state index contributed by atoms with van der Waals surface area (Å²) in [4.78, 5) is 20.7. The molecule has 0 saturated heterocycles. The standard InChI is InChI=1S/C52H30N4O2/c1-3-12-31(13-4-1)34-17-11-18-36(28-34)49-54-50(37-24-25-39-35(29-37)23-22-32-14-7-8-19-38(32)39)56-51(55-49)42-30-45-46(41-21-10-9-20-40(41)42)47-43(57-45)26-27-44-48(47)53-52(58-44)33-15-5-2-6-16-33/h1-30H. The van der Waals surface area contributed by atoms with Crippen LogP contribution in [0.25, 0.3) is 122 Å². The lowest BCUT2D eigenvalue weighted by atomic mass is 9.98. The van der Waals surface area contributed by atoms with Crippen molar-refractivity contribution < 1.29 is 8.83 Å². The Bertz CT molecular complexity index is 3570. The van der Waals surface area contributed by atoms with Crippen LogP contribution in [0.3, 0.4) is 0 Å². The Morgan fingerprint density at radius 2 is 0.931 bits per heavy atom. The molecule has 0 spiro atoms. The maximum absolute atomic E-state index is 6.67. The monoisotopic (exact) mass is 742 g/mol. The number of rotatable bonds is 5. The summed E-state index contributed by atoms with van der Waals surface area (Å²) < 4.78 is 13.0. The van der Waals surface area contributed by atoms with Gasteiger partial charge in [-0.3, -0.25) is 0 Å². The smallest absolute Gasteiger partial charge is 0.227 e. The van der Waals surface area contributed by atoms with Crippen LogP contribution in [0.4, 0.5) is 0 Å². The molecule has 3 heterocycles. The maximum atomic E-state index is 6.67. The molecule has 12 aromatic rings. The number of fused-ring (bicyclic) bond motifs is 10. The Morgan fingerprint density at radius 3 is 1.76 bits per heavy atom. The van der Waals surface area contributed by atoms with Gasteiger partial charge in [0, 0.05) is 27.6 Å². The Kier molecular flexibility index (Phi) is 7.13. The average Bonchev–Trinajstić information content (AvgIpc) is 3.91. The molecule has 0 aliphatic carbocycles. The zero-order valence-electron chi connectivity index (χ0n) is 30.9. The lowest BCUT2D eigenvalue weighted by Gasteiger charge is -2.12. The molecule has 0 unspecified atom stereocenters. The summed E-state index contributed by atoms with van der Waals surface area (Å²) >= 11 is 0. The fraction of sp³-hybridized carbons (Fsp3) is 0. The van der Waals surface area contributed by atoms with Gasteiger partial charge in [-0.15, -0.1) is 0 Å². The Labute approximate surface area is 331 Å². The summed E-state index contributed by atoms with van der Waals surface area (Å²) in [7, 11) is 0. The zero-order valence-corrected chi connectivity index (χ0v) is 30.9. The van der Waals surface area contributed by atoms with Crippen molar-refractivity contribution in [3.8, 4) is 56.7 Å². The molecule has 6 nitrogen and oxygen atoms in total. The van der Waals surface area contributed by atoms with E-state index in [0.717, 1.165) is 71.4 Å². The van der Waals surface area contributed by atoms with Crippen molar-refractivity contribution in [2.75, 3.05) is 0 Å². The number of hydrogen-bond donors (Lipinski definition) is 0. The second-order valence-corrected chi connectivity index (χ2v) is 14.6. The van der Waals surface area contributed by atoms with E-state index in [-0.39, 0.29) is 0 Å². The third kappa shape index (κ3) is 5.20. The summed E-state index contributed by atoms with van der Waals surface area (Å²) in [6.45, 7) is 0. The molecule has 3 aromatic heterocycles. The number of furan rings is 1. The summed E-state index contributed by atoms with van der Waals surface area (Å²) in [5, 5.41) is 8.62. The van der Waals surface area contributed by atoms with E-state index >= 15 is 0 Å². The van der Waals surface area contributed by atoms with E-state index < -0.39 is 0 Å². The van der Waals surface area contributed by atoms with Gasteiger partial charge in [0.25, 0.3) is 0 Å². The van der Waals surface area contributed by atoms with Gasteiger partial charge in [0.1, 0.15) is 16.7 Å². The molecule has 270 valence electrons. The van der Waals surface area contributed by atoms with Gasteiger partial charge in [-0.25, -0.2) is 19.9 Å². The third-order valence-electron chi connectivity index (χ3n) is 11.1. The van der Waals surface area contributed by atoms with Crippen LogP contribution in [0.1, 0.15) is 0 Å². The summed E-state index contributed by atoms with van der Waals surface area (Å²) in [6.07, 6.45) is 0. The number of benzene rings is 9. The Hall–Kier alpha value is -7.96. The van der Waals surface area contributed by atoms with Crippen LogP contribution < -0.4 is 0 Å². The first-order valence-electron chi connectivity index (χ1n) is 19.3. The van der Waals surface area contributed by atoms with Gasteiger partial charge in [-0.1, -0.05) is 140 Å². The quantitative estimate of drug-likeness (QED) is 0.163. The SMILES string of the molecule is c1ccc(-c2cccc(-c3nc(-c4ccc5c(ccc6ccccc65)c4)nc(-c4cc5oc6ccc7oc(-c8ccccc8)nc7c6c5c5ccccc45)n3)c2)cc1. The minimum atomic E-state index is 0.556. The van der Waals surface area contributed by atoms with Crippen molar-refractivity contribution in [2.24, 2.45) is 0 Å². The Balaban J connectivity index is 1.09. The van der Waals surface area contributed by atoms with Crippen molar-refractivity contribution in [1.29, 1.82) is 0 Å². The average molecular weight is 743 g/mol. The number of nitrogens with zero attached hydrogens (tertiary/aromatic N) is 4. The van der Waals surface area contributed by atoms with Crippen molar-refractivity contribution in [3.63, 3.8) is 0 Å². The van der Waals surface area contributed by atoms with E-state index in [1.165, 1.54) is 16.2 Å². The fourth-order valence-electron chi connectivity index (χ4n) is 8.37. The van der Waals surface area contributed by atoms with E-state index in [9.17, 15) is 0 Å². The first kappa shape index (κ1) is 32.3. The summed E-state index contributed by atoms with van der Waals surface area (Å²) in [5.74, 6) is 2.30. The van der Waals surface area contributed by atoms with Gasteiger partial charge in [0.2, 0.25) is 5.89 Å². The van der Waals surface area contributed by atoms with E-state index in [2.05, 4.69) is 133 Å². The van der Waals surface area contributed by atoms with Crippen molar-refractivity contribution >= 4 is 65.4 Å². The first-order valence-corrected chi connectivity index (χ1v) is 19.3. The minimum Gasteiger partial charge on any atom is -0.456 e. The van der Waals surface area contributed by atoms with Gasteiger partial charge in [-0.2, -0.15) is 0 Å². The van der Waals surface area contributed by atoms with Crippen LogP contribution in [0.15, 0.2) is 191 Å². The van der Waals surface area contributed by atoms with Crippen LogP contribution >= 0.6 is 0 Å². The predicted octanol–water partition coefficient (Wildman–Crippen LogP) is 13.7. The molecule has 0 radical (unpaired) electrons. The van der Waals surface area contributed by atoms with Crippen LogP contribution in [0.2, 0.25) is 0 Å². The van der Waals surface area contributed by atoms with E-state index in [0.29, 0.717) is 34.5 Å². The molecule has 0 N–H and O–H groups in total. The van der Waals surface area contributed by atoms with E-state index in [1.807, 2.05) is 48.5 Å². The zero-order chi connectivity index (χ0) is 38.2. The molecule has 6 heteroatoms. The third-order valence-corrected chi connectivity index (χ3v) is 11.1. The van der Waals surface area contributed by atoms with Crippen molar-refractivity contribution in [1.82, 2.24) is 19.9 Å². The molecule has 0 atom stereocenters. The van der Waals surface area contributed by atoms with Crippen molar-refractivity contribution in [3.05, 3.63) is 182 Å². The number of aromatic nitrogens is 4. The second kappa shape index (κ2) is 12.8. The second-order valence-electron chi connectivity index (χ2n) is 14.6. The molecule has 58 heavy (non-hydrogen) atoms. The lowest BCUT2D eigenvalue weighted by Crippen LogP contribution is -2.01. The van der Waals surface area contributed by atoms with Crippen LogP contribution in [-0.4, -0.2) is 19.9 Å². The molecular weight excluding hydrogens is 713 g/mol. The Morgan fingerprint density at radius 1 is 0.310 bits per heavy atom. The first-order chi connectivity index (χ1) is 28.7. The molecule has 0 bridgehead atoms. The molecule has 0 saturated carbocycles. The summed E-state index contributed by atoms with van der Waals surface area (Å²) in [5.41, 5.74) is 8.70. The highest BCUT2D eigenvalue weighted by Crippen LogP contribution is 2.43. The molecule has 12 rings (SSSR count). The molecular formula is C52H30N4O2. The van der Waals surface area contributed by atoms with Crippen molar-refractivity contribution in [2.45, 2.75) is 0 Å². The molecule has 9 aromatic carbocycles. The van der Waals surface area contributed by atoms with Gasteiger partial charge < -0.3 is 8.83 Å². The molecule has 0 aliphatic rings. The molecule has 0 aliphatic heterocycles. The van der Waals surface area contributed by atoms with Crippen LogP contribution in [0.5, 0.6) is 0 Å². The van der Waals surface area contributed by atoms with Gasteiger partial charge in [-0.05, 0) is 85.9 Å². The molecule has 0 amide bonds.